The van der Waals surface area contributed by atoms with Gasteiger partial charge in [0.1, 0.15) is 6.17 Å². The number of para-hydroxylation sites is 3. The Balaban J connectivity index is 1.60. The van der Waals surface area contributed by atoms with E-state index < -0.39 is 0 Å². The van der Waals surface area contributed by atoms with Crippen LogP contribution in [-0.2, 0) is 0 Å². The summed E-state index contributed by atoms with van der Waals surface area (Å²) >= 11 is 0. The van der Waals surface area contributed by atoms with Gasteiger partial charge in [-0.25, -0.2) is 0 Å². The van der Waals surface area contributed by atoms with E-state index in [0.717, 1.165) is 13.1 Å². The molecule has 1 N–H and O–H groups in total. The second-order valence-electron chi connectivity index (χ2n) is 8.26. The van der Waals surface area contributed by atoms with E-state index in [1.807, 2.05) is 0 Å². The zero-order valence-electron chi connectivity index (χ0n) is 17.9. The molecule has 0 amide bonds. The average molecular weight is 416 g/mol. The molecule has 0 spiro atoms. The summed E-state index contributed by atoms with van der Waals surface area (Å²) in [6.07, 6.45) is 0.0890. The molecule has 6 rings (SSSR count). The lowest BCUT2D eigenvalue weighted by molar-refractivity contribution is 0.724. The van der Waals surface area contributed by atoms with Gasteiger partial charge in [0.25, 0.3) is 0 Å². The van der Waals surface area contributed by atoms with Gasteiger partial charge in [0.15, 0.2) is 0 Å². The number of aromatic amines is 1. The van der Waals surface area contributed by atoms with Crippen molar-refractivity contribution in [1.29, 1.82) is 0 Å². The fraction of sp³-hybridized carbons (Fsp3) is 0.103. The molecule has 3 nitrogen and oxygen atoms in total. The summed E-state index contributed by atoms with van der Waals surface area (Å²) in [6.45, 7) is 1.94. The number of rotatable bonds is 4. The van der Waals surface area contributed by atoms with Crippen LogP contribution in [0.15, 0.2) is 115 Å². The van der Waals surface area contributed by atoms with Crippen molar-refractivity contribution in [2.24, 2.45) is 0 Å². The Morgan fingerprint density at radius 1 is 0.562 bits per heavy atom. The number of nitrogens with one attached hydrogen (secondary N) is 1. The molecule has 1 aromatic heterocycles. The molecular weight excluding hydrogens is 390 g/mol. The van der Waals surface area contributed by atoms with Gasteiger partial charge >= 0.3 is 0 Å². The quantitative estimate of drug-likeness (QED) is 0.346. The average Bonchev–Trinajstić information content (AvgIpc) is 3.47. The molecule has 156 valence electrons. The van der Waals surface area contributed by atoms with Crippen molar-refractivity contribution in [3.05, 3.63) is 121 Å². The predicted molar refractivity (Wildman–Crippen MR) is 134 cm³/mol. The molecule has 2 heterocycles. The number of fused-ring (bicyclic) bond motifs is 1. The molecule has 1 saturated heterocycles. The van der Waals surface area contributed by atoms with E-state index in [1.165, 1.54) is 39.1 Å². The van der Waals surface area contributed by atoms with E-state index in [1.54, 1.807) is 0 Å². The third-order valence-electron chi connectivity index (χ3n) is 6.41. The van der Waals surface area contributed by atoms with Crippen LogP contribution >= 0.6 is 0 Å². The minimum atomic E-state index is 0.0890. The summed E-state index contributed by atoms with van der Waals surface area (Å²) in [6, 6.07) is 41.0. The standard InChI is InChI=1S/C29H25N3/c1-4-12-22(13-5-1)28-27(25-18-10-11-19-26(25)30-28)29-31(23-14-6-2-7-15-23)20-21-32(29)24-16-8-3-9-17-24/h1-19,29-30H,20-21H2. The first kappa shape index (κ1) is 18.8. The monoisotopic (exact) mass is 415 g/mol. The Labute approximate surface area is 188 Å². The Morgan fingerprint density at radius 3 is 1.66 bits per heavy atom. The van der Waals surface area contributed by atoms with Crippen LogP contribution in [0.3, 0.4) is 0 Å². The Hall–Kier alpha value is -3.98. The molecule has 32 heavy (non-hydrogen) atoms. The molecule has 1 aliphatic heterocycles. The molecule has 0 saturated carbocycles. The lowest BCUT2D eigenvalue weighted by Crippen LogP contribution is -2.31. The molecule has 0 radical (unpaired) electrons. The SMILES string of the molecule is c1ccc(-c2[nH]c3ccccc3c2C2N(c3ccccc3)CCN2c2ccccc2)cc1. The smallest absolute Gasteiger partial charge is 0.131 e. The van der Waals surface area contributed by atoms with E-state index in [4.69, 9.17) is 0 Å². The van der Waals surface area contributed by atoms with Crippen molar-refractivity contribution >= 4 is 22.3 Å². The zero-order valence-corrected chi connectivity index (χ0v) is 17.9. The molecule has 0 unspecified atom stereocenters. The van der Waals surface area contributed by atoms with Crippen LogP contribution in [-0.4, -0.2) is 18.1 Å². The minimum absolute atomic E-state index is 0.0890. The van der Waals surface area contributed by atoms with Gasteiger partial charge in [-0.15, -0.1) is 0 Å². The fourth-order valence-electron chi connectivity index (χ4n) is 4.98. The maximum absolute atomic E-state index is 3.75. The van der Waals surface area contributed by atoms with Crippen LogP contribution in [0.5, 0.6) is 0 Å². The second-order valence-corrected chi connectivity index (χ2v) is 8.26. The highest BCUT2D eigenvalue weighted by Crippen LogP contribution is 2.44. The highest BCUT2D eigenvalue weighted by atomic mass is 15.4. The van der Waals surface area contributed by atoms with Crippen LogP contribution in [0.2, 0.25) is 0 Å². The van der Waals surface area contributed by atoms with Gasteiger partial charge < -0.3 is 14.8 Å². The first-order valence-electron chi connectivity index (χ1n) is 11.2. The summed E-state index contributed by atoms with van der Waals surface area (Å²) in [5.41, 5.74) is 7.42. The van der Waals surface area contributed by atoms with Crippen molar-refractivity contribution in [2.75, 3.05) is 22.9 Å². The molecule has 0 aliphatic carbocycles. The topological polar surface area (TPSA) is 22.3 Å². The number of benzene rings is 4. The normalized spacial score (nSPS) is 14.4. The Kier molecular flexibility index (Phi) is 4.65. The van der Waals surface area contributed by atoms with Crippen molar-refractivity contribution in [3.8, 4) is 11.3 Å². The molecule has 0 bridgehead atoms. The van der Waals surface area contributed by atoms with E-state index in [-0.39, 0.29) is 6.17 Å². The van der Waals surface area contributed by atoms with E-state index in [2.05, 4.69) is 130 Å². The van der Waals surface area contributed by atoms with Crippen molar-refractivity contribution < 1.29 is 0 Å². The van der Waals surface area contributed by atoms with Crippen LogP contribution in [0, 0.1) is 0 Å². The number of nitrogens with zero attached hydrogens (tertiary/aromatic N) is 2. The number of hydrogen-bond acceptors (Lipinski definition) is 2. The summed E-state index contributed by atoms with van der Waals surface area (Å²) in [5.74, 6) is 0. The fourth-order valence-corrected chi connectivity index (χ4v) is 4.98. The molecular formula is C29H25N3. The molecule has 1 fully saturated rings. The third kappa shape index (κ3) is 3.14. The van der Waals surface area contributed by atoms with Gasteiger partial charge in [0.05, 0.1) is 5.69 Å². The number of H-pyrrole nitrogens is 1. The lowest BCUT2D eigenvalue weighted by atomic mass is 10.0. The Morgan fingerprint density at radius 2 is 1.06 bits per heavy atom. The highest BCUT2D eigenvalue weighted by Gasteiger charge is 2.37. The molecule has 3 heteroatoms. The first-order valence-corrected chi connectivity index (χ1v) is 11.2. The summed E-state index contributed by atoms with van der Waals surface area (Å²) in [5, 5.41) is 1.28. The van der Waals surface area contributed by atoms with E-state index >= 15 is 0 Å². The predicted octanol–water partition coefficient (Wildman–Crippen LogP) is 6.86. The van der Waals surface area contributed by atoms with Gasteiger partial charge in [-0.2, -0.15) is 0 Å². The van der Waals surface area contributed by atoms with Crippen molar-refractivity contribution in [3.63, 3.8) is 0 Å². The van der Waals surface area contributed by atoms with Crippen LogP contribution in [0.25, 0.3) is 22.2 Å². The number of anilines is 2. The van der Waals surface area contributed by atoms with Gasteiger partial charge in [-0.1, -0.05) is 84.9 Å². The summed E-state index contributed by atoms with van der Waals surface area (Å²) in [4.78, 5) is 8.82. The molecule has 1 aliphatic rings. The maximum atomic E-state index is 3.75. The van der Waals surface area contributed by atoms with E-state index in [9.17, 15) is 0 Å². The molecule has 4 aromatic carbocycles. The van der Waals surface area contributed by atoms with Crippen LogP contribution in [0.1, 0.15) is 11.7 Å². The summed E-state index contributed by atoms with van der Waals surface area (Å²) in [7, 11) is 0. The minimum Gasteiger partial charge on any atom is -0.354 e. The van der Waals surface area contributed by atoms with Crippen molar-refractivity contribution in [1.82, 2.24) is 4.98 Å². The number of aromatic nitrogens is 1. The van der Waals surface area contributed by atoms with Crippen molar-refractivity contribution in [2.45, 2.75) is 6.17 Å². The van der Waals surface area contributed by atoms with Gasteiger partial charge in [-0.05, 0) is 35.9 Å². The maximum Gasteiger partial charge on any atom is 0.131 e. The Bertz CT molecular complexity index is 1280. The second kappa shape index (κ2) is 7.93. The first-order chi connectivity index (χ1) is 15.9. The zero-order chi connectivity index (χ0) is 21.3. The van der Waals surface area contributed by atoms with Crippen LogP contribution in [0.4, 0.5) is 11.4 Å². The van der Waals surface area contributed by atoms with Gasteiger partial charge in [0.2, 0.25) is 0 Å². The highest BCUT2D eigenvalue weighted by molar-refractivity contribution is 5.92. The largest absolute Gasteiger partial charge is 0.354 e. The van der Waals surface area contributed by atoms with Crippen LogP contribution < -0.4 is 9.80 Å². The lowest BCUT2D eigenvalue weighted by Gasteiger charge is -2.34. The summed E-state index contributed by atoms with van der Waals surface area (Å²) < 4.78 is 0. The van der Waals surface area contributed by atoms with E-state index in [0.29, 0.717) is 0 Å². The molecule has 5 aromatic rings. The van der Waals surface area contributed by atoms with Gasteiger partial charge in [-0.3, -0.25) is 0 Å². The third-order valence-corrected chi connectivity index (χ3v) is 6.41. The van der Waals surface area contributed by atoms with Gasteiger partial charge in [0, 0.05) is 40.9 Å². The molecule has 0 atom stereocenters. The number of hydrogen-bond donors (Lipinski definition) is 1.